The second kappa shape index (κ2) is 5.04. The van der Waals surface area contributed by atoms with Crippen LogP contribution < -0.4 is 4.18 Å². The number of hydrogen-bond donors (Lipinski definition) is 1. The molecule has 1 amide bonds. The lowest BCUT2D eigenvalue weighted by Crippen LogP contribution is -2.38. The number of fused-ring (bicyclic) bond motifs is 1. The molecule has 1 unspecified atom stereocenters. The van der Waals surface area contributed by atoms with Crippen LogP contribution in [0.1, 0.15) is 24.2 Å². The third-order valence-electron chi connectivity index (χ3n) is 3.30. The van der Waals surface area contributed by atoms with E-state index in [2.05, 4.69) is 9.28 Å². The zero-order chi connectivity index (χ0) is 16.9. The lowest BCUT2D eigenvalue weighted by Gasteiger charge is -2.29. The van der Waals surface area contributed by atoms with Crippen molar-refractivity contribution in [3.8, 4) is 5.88 Å². The maximum absolute atomic E-state index is 12.4. The number of amides is 1. The van der Waals surface area contributed by atoms with Gasteiger partial charge in [-0.1, -0.05) is 0 Å². The van der Waals surface area contributed by atoms with Crippen LogP contribution in [0, 0.1) is 0 Å². The lowest BCUT2D eigenvalue weighted by atomic mass is 10.0. The first kappa shape index (κ1) is 16.4. The van der Waals surface area contributed by atoms with E-state index in [1.54, 1.807) is 0 Å². The summed E-state index contributed by atoms with van der Waals surface area (Å²) in [5.41, 5.74) is -5.23. The van der Waals surface area contributed by atoms with Crippen molar-refractivity contribution in [3.63, 3.8) is 0 Å². The minimum atomic E-state index is -5.81. The molecule has 1 aliphatic heterocycles. The van der Waals surface area contributed by atoms with E-state index in [9.17, 15) is 26.4 Å². The lowest BCUT2D eigenvalue weighted by molar-refractivity contribution is -0.0502. The molecule has 1 aromatic rings. The number of hydrogen-bond acceptors (Lipinski definition) is 5. The number of nitrogens with zero attached hydrogens (tertiary/aromatic N) is 3. The van der Waals surface area contributed by atoms with Gasteiger partial charge in [-0.15, -0.1) is 0 Å². The van der Waals surface area contributed by atoms with Gasteiger partial charge in [-0.25, -0.2) is 9.48 Å². The van der Waals surface area contributed by atoms with Gasteiger partial charge in [0, 0.05) is 19.2 Å². The van der Waals surface area contributed by atoms with E-state index in [1.165, 1.54) is 14.0 Å². The molecule has 0 aliphatic carbocycles. The van der Waals surface area contributed by atoms with Gasteiger partial charge in [0.1, 0.15) is 0 Å². The van der Waals surface area contributed by atoms with Crippen molar-refractivity contribution < 1.29 is 35.7 Å². The van der Waals surface area contributed by atoms with Crippen LogP contribution in [0.15, 0.2) is 0 Å². The van der Waals surface area contributed by atoms with E-state index >= 15 is 0 Å². The Bertz CT molecular complexity index is 712. The first-order chi connectivity index (χ1) is 9.95. The minimum Gasteiger partial charge on any atom is -0.465 e. The molecule has 12 heteroatoms. The third kappa shape index (κ3) is 2.58. The predicted molar refractivity (Wildman–Crippen MR) is 65.7 cm³/mol. The van der Waals surface area contributed by atoms with Crippen molar-refractivity contribution >= 4 is 16.2 Å². The molecule has 0 fully saturated rings. The van der Waals surface area contributed by atoms with Crippen LogP contribution in [-0.4, -0.2) is 46.4 Å². The molecule has 2 heterocycles. The highest BCUT2D eigenvalue weighted by atomic mass is 32.2. The van der Waals surface area contributed by atoms with Gasteiger partial charge >= 0.3 is 21.7 Å². The Labute approximate surface area is 123 Å². The van der Waals surface area contributed by atoms with Crippen molar-refractivity contribution in [2.24, 2.45) is 7.05 Å². The molecular weight excluding hydrogens is 331 g/mol. The van der Waals surface area contributed by atoms with Crippen LogP contribution in [-0.2, 0) is 23.6 Å². The molecule has 22 heavy (non-hydrogen) atoms. The molecule has 0 saturated carbocycles. The fourth-order valence-electron chi connectivity index (χ4n) is 2.23. The summed E-state index contributed by atoms with van der Waals surface area (Å²) in [5, 5.41) is 12.9. The molecule has 1 atom stereocenters. The van der Waals surface area contributed by atoms with Gasteiger partial charge in [0.15, 0.2) is 0 Å². The Morgan fingerprint density at radius 1 is 1.45 bits per heavy atom. The van der Waals surface area contributed by atoms with Crippen molar-refractivity contribution in [1.29, 1.82) is 0 Å². The number of carboxylic acid groups (broad SMARTS) is 1. The predicted octanol–water partition coefficient (Wildman–Crippen LogP) is 1.25. The van der Waals surface area contributed by atoms with E-state index in [4.69, 9.17) is 5.11 Å². The molecule has 0 radical (unpaired) electrons. The van der Waals surface area contributed by atoms with Gasteiger partial charge < -0.3 is 9.29 Å². The monoisotopic (exact) mass is 343 g/mol. The van der Waals surface area contributed by atoms with E-state index < -0.39 is 33.6 Å². The highest BCUT2D eigenvalue weighted by Gasteiger charge is 2.49. The Balaban J connectivity index is 2.43. The number of carbonyl (C=O) groups is 1. The summed E-state index contributed by atoms with van der Waals surface area (Å²) in [4.78, 5) is 12.1. The van der Waals surface area contributed by atoms with Gasteiger partial charge in [0.2, 0.25) is 5.88 Å². The van der Waals surface area contributed by atoms with Crippen LogP contribution in [0.2, 0.25) is 0 Å². The van der Waals surface area contributed by atoms with Crippen molar-refractivity contribution in [2.75, 3.05) is 6.54 Å². The zero-order valence-corrected chi connectivity index (χ0v) is 12.3. The minimum absolute atomic E-state index is 0.00236. The Morgan fingerprint density at radius 3 is 2.55 bits per heavy atom. The highest BCUT2D eigenvalue weighted by Crippen LogP contribution is 2.36. The molecule has 1 aromatic heterocycles. The second-order valence-corrected chi connectivity index (χ2v) is 6.22. The molecule has 1 aliphatic rings. The topological polar surface area (TPSA) is 102 Å². The summed E-state index contributed by atoms with van der Waals surface area (Å²) in [6.45, 7) is 1.50. The SMILES string of the molecule is CC1c2nn(C)c(OS(=O)(=O)C(F)(F)F)c2CCN1C(=O)O. The number of halogens is 3. The molecule has 0 spiro atoms. The normalized spacial score (nSPS) is 19.0. The van der Waals surface area contributed by atoms with Crippen LogP contribution in [0.4, 0.5) is 18.0 Å². The maximum atomic E-state index is 12.4. The summed E-state index contributed by atoms with van der Waals surface area (Å²) in [6.07, 6.45) is -1.20. The van der Waals surface area contributed by atoms with Gasteiger partial charge in [-0.2, -0.15) is 26.7 Å². The molecule has 0 saturated heterocycles. The van der Waals surface area contributed by atoms with Gasteiger partial charge in [0.05, 0.1) is 11.7 Å². The average Bonchev–Trinajstić information content (AvgIpc) is 2.66. The highest BCUT2D eigenvalue weighted by molar-refractivity contribution is 7.87. The van der Waals surface area contributed by atoms with Crippen molar-refractivity contribution in [3.05, 3.63) is 11.3 Å². The van der Waals surface area contributed by atoms with Crippen LogP contribution in [0.25, 0.3) is 0 Å². The third-order valence-corrected chi connectivity index (χ3v) is 4.25. The molecule has 1 N–H and O–H groups in total. The standard InChI is InChI=1S/C10H12F3N3O5S/c1-5-7-6(3-4-16(5)9(17)18)8(15(2)14-7)21-22(19,20)10(11,12)13/h5H,3-4H2,1-2H3,(H,17,18). The molecule has 8 nitrogen and oxygen atoms in total. The fourth-order valence-corrected chi connectivity index (χ4v) is 2.74. The summed E-state index contributed by atoms with van der Waals surface area (Å²) in [7, 11) is -4.60. The molecule has 124 valence electrons. The van der Waals surface area contributed by atoms with Gasteiger partial charge in [-0.05, 0) is 13.3 Å². The molecular formula is C10H12F3N3O5S. The van der Waals surface area contributed by atoms with Crippen LogP contribution in [0.3, 0.4) is 0 Å². The summed E-state index contributed by atoms with van der Waals surface area (Å²) >= 11 is 0. The largest absolute Gasteiger partial charge is 0.534 e. The quantitative estimate of drug-likeness (QED) is 0.640. The van der Waals surface area contributed by atoms with Crippen LogP contribution >= 0.6 is 0 Å². The number of aromatic nitrogens is 2. The molecule has 0 aromatic carbocycles. The average molecular weight is 343 g/mol. The number of aryl methyl sites for hydroxylation is 1. The van der Waals surface area contributed by atoms with E-state index in [0.29, 0.717) is 0 Å². The van der Waals surface area contributed by atoms with Gasteiger partial charge in [0.25, 0.3) is 0 Å². The van der Waals surface area contributed by atoms with Crippen molar-refractivity contribution in [1.82, 2.24) is 14.7 Å². The maximum Gasteiger partial charge on any atom is 0.534 e. The summed E-state index contributed by atoms with van der Waals surface area (Å²) < 4.78 is 64.5. The Kier molecular flexibility index (Phi) is 3.75. The summed E-state index contributed by atoms with van der Waals surface area (Å²) in [6, 6.07) is -0.724. The first-order valence-electron chi connectivity index (χ1n) is 6.01. The van der Waals surface area contributed by atoms with E-state index in [1.807, 2.05) is 0 Å². The van der Waals surface area contributed by atoms with Gasteiger partial charge in [-0.3, -0.25) is 4.90 Å². The zero-order valence-electron chi connectivity index (χ0n) is 11.5. The number of alkyl halides is 3. The van der Waals surface area contributed by atoms with Crippen molar-refractivity contribution in [2.45, 2.75) is 24.9 Å². The Hall–Kier alpha value is -1.98. The fraction of sp³-hybridized carbons (Fsp3) is 0.600. The molecule has 2 rings (SSSR count). The summed E-state index contributed by atoms with van der Waals surface area (Å²) in [5.74, 6) is -0.552. The first-order valence-corrected chi connectivity index (χ1v) is 7.42. The number of rotatable bonds is 2. The van der Waals surface area contributed by atoms with Crippen LogP contribution in [0.5, 0.6) is 5.88 Å². The smallest absolute Gasteiger partial charge is 0.465 e. The Morgan fingerprint density at radius 2 is 2.05 bits per heavy atom. The van der Waals surface area contributed by atoms with E-state index in [0.717, 1.165) is 9.58 Å². The van der Waals surface area contributed by atoms with E-state index in [-0.39, 0.29) is 24.2 Å². The second-order valence-electron chi connectivity index (χ2n) is 4.68. The molecule has 0 bridgehead atoms.